The van der Waals surface area contributed by atoms with Crippen LogP contribution in [0.15, 0.2) is 22.8 Å². The Kier molecular flexibility index (Phi) is 5.99. The van der Waals surface area contributed by atoms with Crippen molar-refractivity contribution in [3.8, 4) is 0 Å². The van der Waals surface area contributed by atoms with Crippen molar-refractivity contribution in [3.05, 3.63) is 24.2 Å². The van der Waals surface area contributed by atoms with Crippen LogP contribution < -0.4 is 0 Å². The molecule has 2 rings (SSSR count). The number of methoxy groups -OCH3 is 1. The molecule has 0 unspecified atom stereocenters. The molecule has 1 amide bonds. The Bertz CT molecular complexity index is 461. The first-order valence-corrected chi connectivity index (χ1v) is 7.70. The summed E-state index contributed by atoms with van der Waals surface area (Å²) >= 11 is 0. The van der Waals surface area contributed by atoms with Gasteiger partial charge in [0.05, 0.1) is 25.0 Å². The highest BCUT2D eigenvalue weighted by Gasteiger charge is 2.36. The molecular formula is C16H27N3O3. The molecule has 0 N–H and O–H groups in total. The Morgan fingerprint density at radius 1 is 1.45 bits per heavy atom. The minimum atomic E-state index is -0.109. The summed E-state index contributed by atoms with van der Waals surface area (Å²) in [6.07, 6.45) is 2.54. The van der Waals surface area contributed by atoms with Gasteiger partial charge in [0.1, 0.15) is 5.76 Å². The zero-order chi connectivity index (χ0) is 16.1. The minimum Gasteiger partial charge on any atom is -0.467 e. The van der Waals surface area contributed by atoms with Crippen LogP contribution in [0.4, 0.5) is 0 Å². The van der Waals surface area contributed by atoms with Crippen LogP contribution in [-0.4, -0.2) is 80.6 Å². The topological polar surface area (TPSA) is 49.2 Å². The number of amides is 1. The highest BCUT2D eigenvalue weighted by atomic mass is 16.5. The Balaban J connectivity index is 2.04. The predicted molar refractivity (Wildman–Crippen MR) is 84.5 cm³/mol. The first-order chi connectivity index (χ1) is 10.5. The van der Waals surface area contributed by atoms with Gasteiger partial charge in [-0.15, -0.1) is 0 Å². The third-order valence-electron chi connectivity index (χ3n) is 4.18. The van der Waals surface area contributed by atoms with E-state index in [2.05, 4.69) is 9.80 Å². The van der Waals surface area contributed by atoms with Gasteiger partial charge in [0.15, 0.2) is 0 Å². The van der Waals surface area contributed by atoms with E-state index in [9.17, 15) is 4.79 Å². The largest absolute Gasteiger partial charge is 0.467 e. The number of likely N-dealkylation sites (tertiary alicyclic amines) is 1. The summed E-state index contributed by atoms with van der Waals surface area (Å²) in [5, 5.41) is 0. The van der Waals surface area contributed by atoms with Crippen LogP contribution in [0.25, 0.3) is 0 Å². The SMILES string of the molecule is CO[C@H]1C[C@@H](C(=O)N(CCN(C)C)Cc2ccco2)N(C)C1. The first-order valence-electron chi connectivity index (χ1n) is 7.70. The molecule has 1 aliphatic rings. The molecule has 6 heteroatoms. The molecule has 6 nitrogen and oxygen atoms in total. The van der Waals surface area contributed by atoms with Crippen molar-refractivity contribution < 1.29 is 13.9 Å². The normalized spacial score (nSPS) is 22.4. The molecule has 1 aliphatic heterocycles. The second-order valence-electron chi connectivity index (χ2n) is 6.19. The lowest BCUT2D eigenvalue weighted by molar-refractivity contribution is -0.136. The molecule has 0 aliphatic carbocycles. The quantitative estimate of drug-likeness (QED) is 0.749. The molecule has 124 valence electrons. The highest BCUT2D eigenvalue weighted by Crippen LogP contribution is 2.21. The predicted octanol–water partition coefficient (Wildman–Crippen LogP) is 0.889. The summed E-state index contributed by atoms with van der Waals surface area (Å²) in [6, 6.07) is 3.65. The van der Waals surface area contributed by atoms with E-state index in [-0.39, 0.29) is 18.1 Å². The van der Waals surface area contributed by atoms with E-state index in [4.69, 9.17) is 9.15 Å². The van der Waals surface area contributed by atoms with E-state index >= 15 is 0 Å². The molecule has 2 atom stereocenters. The van der Waals surface area contributed by atoms with Crippen LogP contribution >= 0.6 is 0 Å². The molecule has 0 spiro atoms. The number of furan rings is 1. The van der Waals surface area contributed by atoms with Gasteiger partial charge in [-0.1, -0.05) is 0 Å². The number of ether oxygens (including phenoxy) is 1. The zero-order valence-electron chi connectivity index (χ0n) is 14.0. The van der Waals surface area contributed by atoms with Crippen molar-refractivity contribution in [2.24, 2.45) is 0 Å². The number of carbonyl (C=O) groups excluding carboxylic acids is 1. The van der Waals surface area contributed by atoms with Crippen LogP contribution in [0.2, 0.25) is 0 Å². The molecule has 0 bridgehead atoms. The Morgan fingerprint density at radius 2 is 2.23 bits per heavy atom. The highest BCUT2D eigenvalue weighted by molar-refractivity contribution is 5.82. The molecule has 0 radical (unpaired) electrons. The number of likely N-dealkylation sites (N-methyl/N-ethyl adjacent to an activating group) is 2. The number of hydrogen-bond donors (Lipinski definition) is 0. The molecule has 22 heavy (non-hydrogen) atoms. The summed E-state index contributed by atoms with van der Waals surface area (Å²) < 4.78 is 10.8. The Morgan fingerprint density at radius 3 is 2.77 bits per heavy atom. The summed E-state index contributed by atoms with van der Waals surface area (Å²) in [5.74, 6) is 0.969. The molecule has 0 saturated carbocycles. The molecular weight excluding hydrogens is 282 g/mol. The maximum absolute atomic E-state index is 12.9. The van der Waals surface area contributed by atoms with Gasteiger partial charge in [-0.3, -0.25) is 9.69 Å². The Hall–Kier alpha value is -1.37. The lowest BCUT2D eigenvalue weighted by Crippen LogP contribution is -2.46. The fourth-order valence-corrected chi connectivity index (χ4v) is 2.80. The molecule has 1 saturated heterocycles. The maximum Gasteiger partial charge on any atom is 0.240 e. The van der Waals surface area contributed by atoms with Crippen LogP contribution in [0.1, 0.15) is 12.2 Å². The summed E-state index contributed by atoms with van der Waals surface area (Å²) in [6.45, 7) is 2.84. The van der Waals surface area contributed by atoms with E-state index < -0.39 is 0 Å². The monoisotopic (exact) mass is 309 g/mol. The van der Waals surface area contributed by atoms with Crippen molar-refractivity contribution in [2.45, 2.75) is 25.1 Å². The second kappa shape index (κ2) is 7.76. The number of nitrogens with zero attached hydrogens (tertiary/aromatic N) is 3. The van der Waals surface area contributed by atoms with E-state index in [0.29, 0.717) is 13.1 Å². The molecule has 1 aromatic heterocycles. The smallest absolute Gasteiger partial charge is 0.240 e. The van der Waals surface area contributed by atoms with Crippen LogP contribution in [0.3, 0.4) is 0 Å². The number of hydrogen-bond acceptors (Lipinski definition) is 5. The summed E-state index contributed by atoms with van der Waals surface area (Å²) in [5.41, 5.74) is 0. The van der Waals surface area contributed by atoms with Crippen LogP contribution in [0.5, 0.6) is 0 Å². The summed E-state index contributed by atoms with van der Waals surface area (Å²) in [7, 11) is 7.72. The molecule has 0 aromatic carbocycles. The van der Waals surface area contributed by atoms with Crippen molar-refractivity contribution in [1.82, 2.24) is 14.7 Å². The van der Waals surface area contributed by atoms with Crippen LogP contribution in [-0.2, 0) is 16.1 Å². The fourth-order valence-electron chi connectivity index (χ4n) is 2.80. The van der Waals surface area contributed by atoms with Crippen molar-refractivity contribution >= 4 is 5.91 Å². The minimum absolute atomic E-state index is 0.109. The maximum atomic E-state index is 12.9. The van der Waals surface area contributed by atoms with Gasteiger partial charge >= 0.3 is 0 Å². The van der Waals surface area contributed by atoms with E-state index in [0.717, 1.165) is 25.3 Å². The van der Waals surface area contributed by atoms with Crippen molar-refractivity contribution in [2.75, 3.05) is 47.9 Å². The van der Waals surface area contributed by atoms with Crippen LogP contribution in [0, 0.1) is 0 Å². The van der Waals surface area contributed by atoms with E-state index in [1.165, 1.54) is 0 Å². The number of rotatable bonds is 7. The lowest BCUT2D eigenvalue weighted by Gasteiger charge is -2.28. The zero-order valence-corrected chi connectivity index (χ0v) is 14.0. The molecule has 1 aromatic rings. The van der Waals surface area contributed by atoms with Gasteiger partial charge < -0.3 is 19.0 Å². The van der Waals surface area contributed by atoms with Gasteiger partial charge in [0, 0.05) is 26.7 Å². The van der Waals surface area contributed by atoms with Gasteiger partial charge in [-0.05, 0) is 39.7 Å². The van der Waals surface area contributed by atoms with Gasteiger partial charge in [-0.2, -0.15) is 0 Å². The van der Waals surface area contributed by atoms with Crippen molar-refractivity contribution in [3.63, 3.8) is 0 Å². The van der Waals surface area contributed by atoms with Gasteiger partial charge in [-0.25, -0.2) is 0 Å². The second-order valence-corrected chi connectivity index (χ2v) is 6.19. The standard InChI is InChI=1S/C16H27N3O3/c1-17(2)7-8-19(12-13-6-5-9-22-13)16(20)15-10-14(21-4)11-18(15)3/h5-6,9,14-15H,7-8,10-12H2,1-4H3/t14-,15-/m0/s1. The lowest BCUT2D eigenvalue weighted by atomic mass is 10.1. The average molecular weight is 309 g/mol. The first kappa shape index (κ1) is 17.0. The van der Waals surface area contributed by atoms with Gasteiger partial charge in [0.25, 0.3) is 0 Å². The average Bonchev–Trinajstić information content (AvgIpc) is 3.11. The van der Waals surface area contributed by atoms with E-state index in [1.807, 2.05) is 38.2 Å². The van der Waals surface area contributed by atoms with Crippen molar-refractivity contribution in [1.29, 1.82) is 0 Å². The number of carbonyl (C=O) groups is 1. The molecule has 2 heterocycles. The van der Waals surface area contributed by atoms with E-state index in [1.54, 1.807) is 13.4 Å². The Labute approximate surface area is 132 Å². The van der Waals surface area contributed by atoms with Gasteiger partial charge in [0.2, 0.25) is 5.91 Å². The fraction of sp³-hybridized carbons (Fsp3) is 0.688. The third-order valence-corrected chi connectivity index (χ3v) is 4.18. The summed E-state index contributed by atoms with van der Waals surface area (Å²) in [4.78, 5) is 19.0. The molecule has 1 fully saturated rings. The third kappa shape index (κ3) is 4.32.